The number of carbonyl (C=O) groups is 3. The van der Waals surface area contributed by atoms with Crippen LogP contribution in [0.15, 0.2) is 71.7 Å². The average molecular weight is 677 g/mol. The molecule has 0 aromatic heterocycles. The lowest BCUT2D eigenvalue weighted by atomic mass is 9.45. The predicted octanol–water partition coefficient (Wildman–Crippen LogP) is 2.80. The highest BCUT2D eigenvalue weighted by Gasteiger charge is 2.59. The number of hydrogen-bond acceptors (Lipinski definition) is 9. The Morgan fingerprint density at radius 3 is 2.67 bits per heavy atom. The van der Waals surface area contributed by atoms with Crippen molar-refractivity contribution in [2.75, 3.05) is 40.0 Å². The normalized spacial score (nSPS) is 38.1. The van der Waals surface area contributed by atoms with Crippen molar-refractivity contribution in [1.29, 1.82) is 0 Å². The molecule has 11 nitrogen and oxygen atoms in total. The van der Waals surface area contributed by atoms with Gasteiger partial charge in [0.1, 0.15) is 11.9 Å². The largest absolute Gasteiger partial charge is 0.423 e. The van der Waals surface area contributed by atoms with E-state index in [1.54, 1.807) is 23.1 Å². The molecule has 2 aliphatic carbocycles. The molecule has 3 N–H and O–H groups in total. The van der Waals surface area contributed by atoms with Crippen molar-refractivity contribution in [3.05, 3.63) is 71.7 Å². The second-order valence-corrected chi connectivity index (χ2v) is 15.1. The third kappa shape index (κ3) is 6.29. The van der Waals surface area contributed by atoms with E-state index in [1.165, 1.54) is 0 Å². The van der Waals surface area contributed by atoms with E-state index in [1.807, 2.05) is 57.1 Å². The standard InChI is InChI=1S/C38H52N4O7/c1-7-30-35(46)42-21-25(8-11-33(42)40(30)6)18-27-19-26(36(47)49-27)9-10-28-23(2)29(39-24(3)34(45)41-14-16-48-17-15-41)20-31-37(28,4)13-12-32(44)38(31,5)22-43/h8-11,18-19,21,24,28-33,39,43-44H,2,7,12-17,20,22H2,1,3-6H3/t24?,28?,29?,30?,31?,32-,33?,37-,38+/m1/s1. The number of nitrogens with one attached hydrogen (secondary N) is 1. The van der Waals surface area contributed by atoms with Gasteiger partial charge in [-0.3, -0.25) is 24.7 Å². The number of likely N-dealkylation sites (N-methyl/N-ethyl adjacent to an activating group) is 1. The predicted molar refractivity (Wildman–Crippen MR) is 184 cm³/mol. The highest BCUT2D eigenvalue weighted by Crippen LogP contribution is 2.61. The van der Waals surface area contributed by atoms with E-state index in [4.69, 9.17) is 9.47 Å². The molecule has 9 atom stereocenters. The first kappa shape index (κ1) is 35.5. The van der Waals surface area contributed by atoms with E-state index in [0.717, 1.165) is 24.0 Å². The minimum atomic E-state index is -0.748. The van der Waals surface area contributed by atoms with E-state index in [9.17, 15) is 24.6 Å². The molecule has 0 aromatic carbocycles. The molecule has 2 amide bonds. The molecule has 6 aliphatic rings. The van der Waals surface area contributed by atoms with E-state index < -0.39 is 23.5 Å². The summed E-state index contributed by atoms with van der Waals surface area (Å²) in [5.74, 6) is -0.317. The highest BCUT2D eigenvalue weighted by molar-refractivity contribution is 5.95. The smallest absolute Gasteiger partial charge is 0.343 e. The summed E-state index contributed by atoms with van der Waals surface area (Å²) in [6.07, 6.45) is 14.8. The number of ether oxygens (including phenoxy) is 2. The van der Waals surface area contributed by atoms with Crippen LogP contribution in [0.25, 0.3) is 0 Å². The van der Waals surface area contributed by atoms with Crippen molar-refractivity contribution in [2.45, 2.75) is 83.8 Å². The number of hydrogen-bond donors (Lipinski definition) is 3. The lowest BCUT2D eigenvalue weighted by Crippen LogP contribution is -2.62. The molecule has 4 fully saturated rings. The van der Waals surface area contributed by atoms with Gasteiger partial charge >= 0.3 is 5.97 Å². The zero-order valence-corrected chi connectivity index (χ0v) is 29.4. The summed E-state index contributed by atoms with van der Waals surface area (Å²) in [7, 11) is 1.95. The van der Waals surface area contributed by atoms with Crippen molar-refractivity contribution >= 4 is 17.8 Å². The molecule has 49 heavy (non-hydrogen) atoms. The number of carbonyl (C=O) groups excluding carboxylic acids is 3. The van der Waals surface area contributed by atoms with Crippen LogP contribution in [0.4, 0.5) is 0 Å². The van der Waals surface area contributed by atoms with Gasteiger partial charge in [0.05, 0.1) is 43.6 Å². The van der Waals surface area contributed by atoms with Crippen LogP contribution in [0.5, 0.6) is 0 Å². The maximum Gasteiger partial charge on any atom is 0.343 e. The lowest BCUT2D eigenvalue weighted by molar-refractivity contribution is -0.150. The summed E-state index contributed by atoms with van der Waals surface area (Å²) in [4.78, 5) is 45.0. The van der Waals surface area contributed by atoms with Crippen LogP contribution in [-0.4, -0.2) is 113 Å². The fourth-order valence-corrected chi connectivity index (χ4v) is 9.17. The summed E-state index contributed by atoms with van der Waals surface area (Å²) in [5.41, 5.74) is 0.957. The zero-order valence-electron chi connectivity index (χ0n) is 29.4. The van der Waals surface area contributed by atoms with E-state index in [2.05, 4.69) is 23.7 Å². The van der Waals surface area contributed by atoms with Crippen molar-refractivity contribution in [2.24, 2.45) is 22.7 Å². The summed E-state index contributed by atoms with van der Waals surface area (Å²) < 4.78 is 11.1. The molecular formula is C38H52N4O7. The van der Waals surface area contributed by atoms with Crippen LogP contribution < -0.4 is 5.32 Å². The third-order valence-electron chi connectivity index (χ3n) is 12.2. The maximum absolute atomic E-state index is 13.4. The van der Waals surface area contributed by atoms with Gasteiger partial charge in [0.15, 0.2) is 0 Å². The Balaban J connectivity index is 1.25. The van der Waals surface area contributed by atoms with Gasteiger partial charge in [-0.2, -0.15) is 0 Å². The van der Waals surface area contributed by atoms with Crippen molar-refractivity contribution < 1.29 is 34.1 Å². The number of nitrogens with zero attached hydrogens (tertiary/aromatic N) is 3. The van der Waals surface area contributed by atoms with Gasteiger partial charge in [0.25, 0.3) is 0 Å². The third-order valence-corrected chi connectivity index (χ3v) is 12.2. The second-order valence-electron chi connectivity index (χ2n) is 15.1. The first-order valence-electron chi connectivity index (χ1n) is 17.7. The maximum atomic E-state index is 13.4. The molecule has 266 valence electrons. The molecule has 2 saturated carbocycles. The van der Waals surface area contributed by atoms with Crippen LogP contribution >= 0.6 is 0 Å². The molecule has 0 radical (unpaired) electrons. The minimum absolute atomic E-state index is 0.00745. The molecule has 0 bridgehead atoms. The van der Waals surface area contributed by atoms with Gasteiger partial charge < -0.3 is 24.6 Å². The van der Waals surface area contributed by atoms with Gasteiger partial charge in [0.2, 0.25) is 11.8 Å². The molecular weight excluding hydrogens is 624 g/mol. The van der Waals surface area contributed by atoms with Crippen molar-refractivity contribution in [1.82, 2.24) is 20.0 Å². The van der Waals surface area contributed by atoms with Gasteiger partial charge in [0, 0.05) is 36.7 Å². The summed E-state index contributed by atoms with van der Waals surface area (Å²) in [6, 6.07) is -0.886. The summed E-state index contributed by atoms with van der Waals surface area (Å²) in [5, 5.41) is 25.4. The first-order chi connectivity index (χ1) is 23.3. The molecule has 0 spiro atoms. The van der Waals surface area contributed by atoms with Crippen LogP contribution in [-0.2, 0) is 23.9 Å². The van der Waals surface area contributed by atoms with Gasteiger partial charge in [-0.15, -0.1) is 0 Å². The summed E-state index contributed by atoms with van der Waals surface area (Å²) in [6.45, 7) is 14.6. The minimum Gasteiger partial charge on any atom is -0.423 e. The number of esters is 1. The highest BCUT2D eigenvalue weighted by atomic mass is 16.5. The van der Waals surface area contributed by atoms with Crippen LogP contribution in [0, 0.1) is 22.7 Å². The number of rotatable bonds is 8. The quantitative estimate of drug-likeness (QED) is 0.263. The van der Waals surface area contributed by atoms with Crippen LogP contribution in [0.3, 0.4) is 0 Å². The SMILES string of the molecule is C=C1C(NC(C)C(=O)N2CCOCC2)CC2[C@](C)(CC[C@@H](O)[C@@]2(C)CO)C1C=CC1=CC(=CC2=CN3C(=O)C(CC)N(C)C3C=C2)OC1=O. The summed E-state index contributed by atoms with van der Waals surface area (Å²) >= 11 is 0. The van der Waals surface area contributed by atoms with E-state index in [0.29, 0.717) is 50.5 Å². The molecule has 4 aliphatic heterocycles. The number of cyclic esters (lactones) is 1. The number of aliphatic hydroxyl groups is 2. The molecule has 2 saturated heterocycles. The molecule has 4 heterocycles. The zero-order chi connectivity index (χ0) is 35.2. The second kappa shape index (κ2) is 13.8. The topological polar surface area (TPSA) is 132 Å². The molecule has 0 aromatic rings. The van der Waals surface area contributed by atoms with Crippen LogP contribution in [0.1, 0.15) is 53.4 Å². The number of morpholine rings is 1. The fourth-order valence-electron chi connectivity index (χ4n) is 9.17. The molecule has 6 unspecified atom stereocenters. The fraction of sp³-hybridized carbons (Fsp3) is 0.605. The first-order valence-corrected chi connectivity index (χ1v) is 17.7. The number of amides is 2. The Labute approximate surface area is 289 Å². The Hall–Kier alpha value is -3.35. The van der Waals surface area contributed by atoms with Gasteiger partial charge in [-0.1, -0.05) is 51.2 Å². The monoisotopic (exact) mass is 676 g/mol. The number of allylic oxidation sites excluding steroid dienone is 5. The lowest BCUT2D eigenvalue weighted by Gasteiger charge is -2.61. The molecule has 6 rings (SSSR count). The Morgan fingerprint density at radius 2 is 1.98 bits per heavy atom. The van der Waals surface area contributed by atoms with Crippen molar-refractivity contribution in [3.63, 3.8) is 0 Å². The Bertz CT molecular complexity index is 1520. The van der Waals surface area contributed by atoms with Crippen LogP contribution in [0.2, 0.25) is 0 Å². The van der Waals surface area contributed by atoms with Gasteiger partial charge in [-0.25, -0.2) is 4.79 Å². The van der Waals surface area contributed by atoms with Crippen molar-refractivity contribution in [3.8, 4) is 0 Å². The Kier molecular flexibility index (Phi) is 9.96. The van der Waals surface area contributed by atoms with Gasteiger partial charge in [-0.05, 0) is 74.8 Å². The molecule has 11 heteroatoms. The average Bonchev–Trinajstić information content (AvgIpc) is 3.56. The van der Waals surface area contributed by atoms with E-state index >= 15 is 0 Å². The van der Waals surface area contributed by atoms with E-state index in [-0.39, 0.29) is 53.9 Å². The number of fused-ring (bicyclic) bond motifs is 2. The number of aliphatic hydroxyl groups excluding tert-OH is 2. The Morgan fingerprint density at radius 1 is 1.24 bits per heavy atom.